The third kappa shape index (κ3) is 5.14. The minimum Gasteiger partial charge on any atom is -0.481 e. The van der Waals surface area contributed by atoms with E-state index in [2.05, 4.69) is 5.32 Å². The van der Waals surface area contributed by atoms with Gasteiger partial charge in [0.15, 0.2) is 11.9 Å². The molecule has 0 radical (unpaired) electrons. The molecule has 5 heteroatoms. The van der Waals surface area contributed by atoms with Gasteiger partial charge in [-0.3, -0.25) is 9.59 Å². The van der Waals surface area contributed by atoms with Crippen LogP contribution in [0.2, 0.25) is 0 Å². The van der Waals surface area contributed by atoms with Crippen molar-refractivity contribution in [1.29, 1.82) is 0 Å². The summed E-state index contributed by atoms with van der Waals surface area (Å²) in [6.45, 7) is 5.28. The van der Waals surface area contributed by atoms with Gasteiger partial charge in [-0.2, -0.15) is 0 Å². The van der Waals surface area contributed by atoms with Crippen LogP contribution in [0.4, 0.5) is 4.39 Å². The van der Waals surface area contributed by atoms with Gasteiger partial charge in [-0.05, 0) is 55.8 Å². The van der Waals surface area contributed by atoms with E-state index in [0.717, 1.165) is 5.56 Å². The number of nitrogens with one attached hydrogen (secondary N) is 1. The molecule has 1 amide bonds. The molecule has 25 heavy (non-hydrogen) atoms. The van der Waals surface area contributed by atoms with Gasteiger partial charge in [-0.25, -0.2) is 4.39 Å². The topological polar surface area (TPSA) is 55.4 Å². The SMILES string of the molecule is CCC(=O)c1ccc(O[C@H](C)C(=O)N[C@H](C)c2ccc(F)cc2)cc1. The molecule has 2 atom stereocenters. The van der Waals surface area contributed by atoms with Crippen molar-refractivity contribution in [3.8, 4) is 5.75 Å². The second-order valence-electron chi connectivity index (χ2n) is 5.84. The standard InChI is InChI=1S/C20H22FNO3/c1-4-19(23)16-7-11-18(12-8-16)25-14(3)20(24)22-13(2)15-5-9-17(21)10-6-15/h5-14H,4H2,1-3H3,(H,22,24)/t13-,14-/m1/s1. The molecule has 0 aliphatic rings. The molecule has 2 aromatic carbocycles. The van der Waals surface area contributed by atoms with Crippen molar-refractivity contribution < 1.29 is 18.7 Å². The highest BCUT2D eigenvalue weighted by molar-refractivity contribution is 5.95. The molecule has 0 saturated heterocycles. The summed E-state index contributed by atoms with van der Waals surface area (Å²) < 4.78 is 18.6. The van der Waals surface area contributed by atoms with Crippen molar-refractivity contribution in [3.05, 3.63) is 65.5 Å². The Bertz CT molecular complexity index is 726. The lowest BCUT2D eigenvalue weighted by molar-refractivity contribution is -0.127. The van der Waals surface area contributed by atoms with Gasteiger partial charge >= 0.3 is 0 Å². The number of carbonyl (C=O) groups is 2. The lowest BCUT2D eigenvalue weighted by Gasteiger charge is -2.19. The predicted octanol–water partition coefficient (Wildman–Crippen LogP) is 4.06. The molecule has 4 nitrogen and oxygen atoms in total. The molecular weight excluding hydrogens is 321 g/mol. The van der Waals surface area contributed by atoms with E-state index >= 15 is 0 Å². The Morgan fingerprint density at radius 1 is 1.04 bits per heavy atom. The lowest BCUT2D eigenvalue weighted by atomic mass is 10.1. The van der Waals surface area contributed by atoms with Crippen molar-refractivity contribution in [2.75, 3.05) is 0 Å². The summed E-state index contributed by atoms with van der Waals surface area (Å²) in [5.74, 6) is -0.00952. The molecule has 0 saturated carbocycles. The van der Waals surface area contributed by atoms with Gasteiger partial charge < -0.3 is 10.1 Å². The van der Waals surface area contributed by atoms with E-state index in [1.165, 1.54) is 12.1 Å². The second-order valence-corrected chi connectivity index (χ2v) is 5.84. The molecule has 0 spiro atoms. The second kappa shape index (κ2) is 8.42. The minimum absolute atomic E-state index is 0.0606. The molecule has 0 bridgehead atoms. The monoisotopic (exact) mass is 343 g/mol. The summed E-state index contributed by atoms with van der Waals surface area (Å²) in [4.78, 5) is 23.9. The summed E-state index contributed by atoms with van der Waals surface area (Å²) in [6.07, 6.45) is -0.254. The molecule has 2 aromatic rings. The Hall–Kier alpha value is -2.69. The fourth-order valence-electron chi connectivity index (χ4n) is 2.35. The number of halogens is 1. The molecule has 0 aromatic heterocycles. The van der Waals surface area contributed by atoms with Crippen LogP contribution in [0, 0.1) is 5.82 Å². The van der Waals surface area contributed by atoms with Crippen LogP contribution in [0.5, 0.6) is 5.75 Å². The van der Waals surface area contributed by atoms with E-state index in [1.807, 2.05) is 6.92 Å². The fourth-order valence-corrected chi connectivity index (χ4v) is 2.35. The first-order valence-corrected chi connectivity index (χ1v) is 8.26. The van der Waals surface area contributed by atoms with Gasteiger partial charge in [0.2, 0.25) is 0 Å². The first kappa shape index (κ1) is 18.6. The number of benzene rings is 2. The van der Waals surface area contributed by atoms with Crippen LogP contribution < -0.4 is 10.1 Å². The summed E-state index contributed by atoms with van der Waals surface area (Å²) in [6, 6.07) is 12.5. The molecule has 0 aliphatic heterocycles. The molecular formula is C20H22FNO3. The third-order valence-corrected chi connectivity index (χ3v) is 3.91. The largest absolute Gasteiger partial charge is 0.481 e. The Morgan fingerprint density at radius 2 is 1.64 bits per heavy atom. The van der Waals surface area contributed by atoms with Crippen LogP contribution in [0.15, 0.2) is 48.5 Å². The van der Waals surface area contributed by atoms with E-state index < -0.39 is 6.10 Å². The van der Waals surface area contributed by atoms with Crippen molar-refractivity contribution in [2.45, 2.75) is 39.3 Å². The van der Waals surface area contributed by atoms with E-state index in [4.69, 9.17) is 4.74 Å². The van der Waals surface area contributed by atoms with E-state index in [-0.39, 0.29) is 23.5 Å². The molecule has 0 fully saturated rings. The van der Waals surface area contributed by atoms with E-state index in [9.17, 15) is 14.0 Å². The summed E-state index contributed by atoms with van der Waals surface area (Å²) in [5, 5.41) is 2.83. The first-order valence-electron chi connectivity index (χ1n) is 8.26. The van der Waals surface area contributed by atoms with Crippen LogP contribution in [-0.4, -0.2) is 17.8 Å². The minimum atomic E-state index is -0.698. The average Bonchev–Trinajstić information content (AvgIpc) is 2.62. The van der Waals surface area contributed by atoms with Gasteiger partial charge in [0.1, 0.15) is 11.6 Å². The van der Waals surface area contributed by atoms with E-state index in [0.29, 0.717) is 17.7 Å². The smallest absolute Gasteiger partial charge is 0.261 e. The number of ketones is 1. The zero-order chi connectivity index (χ0) is 18.4. The van der Waals surface area contributed by atoms with Crippen LogP contribution in [0.25, 0.3) is 0 Å². The number of rotatable bonds is 7. The number of amides is 1. The zero-order valence-corrected chi connectivity index (χ0v) is 14.6. The van der Waals surface area contributed by atoms with Crippen LogP contribution in [0.1, 0.15) is 49.2 Å². The average molecular weight is 343 g/mol. The van der Waals surface area contributed by atoms with Crippen molar-refractivity contribution in [2.24, 2.45) is 0 Å². The highest BCUT2D eigenvalue weighted by Crippen LogP contribution is 2.16. The quantitative estimate of drug-likeness (QED) is 0.771. The van der Waals surface area contributed by atoms with Crippen LogP contribution in [-0.2, 0) is 4.79 Å². The Morgan fingerprint density at radius 3 is 2.20 bits per heavy atom. The highest BCUT2D eigenvalue weighted by atomic mass is 19.1. The number of hydrogen-bond acceptors (Lipinski definition) is 3. The van der Waals surface area contributed by atoms with Gasteiger partial charge in [0.05, 0.1) is 6.04 Å². The predicted molar refractivity (Wildman–Crippen MR) is 94.1 cm³/mol. The van der Waals surface area contributed by atoms with Gasteiger partial charge in [-0.1, -0.05) is 19.1 Å². The molecule has 0 heterocycles. The molecule has 0 unspecified atom stereocenters. The zero-order valence-electron chi connectivity index (χ0n) is 14.6. The van der Waals surface area contributed by atoms with Gasteiger partial charge in [0, 0.05) is 12.0 Å². The maximum atomic E-state index is 13.0. The van der Waals surface area contributed by atoms with Crippen LogP contribution >= 0.6 is 0 Å². The normalized spacial score (nSPS) is 13.0. The molecule has 132 valence electrons. The van der Waals surface area contributed by atoms with Gasteiger partial charge in [-0.15, -0.1) is 0 Å². The van der Waals surface area contributed by atoms with Crippen LogP contribution in [0.3, 0.4) is 0 Å². The Kier molecular flexibility index (Phi) is 6.28. The lowest BCUT2D eigenvalue weighted by Crippen LogP contribution is -2.37. The molecule has 2 rings (SSSR count). The fraction of sp³-hybridized carbons (Fsp3) is 0.300. The van der Waals surface area contributed by atoms with Gasteiger partial charge in [0.25, 0.3) is 5.91 Å². The Labute approximate surface area is 147 Å². The molecule has 0 aliphatic carbocycles. The number of hydrogen-bond donors (Lipinski definition) is 1. The third-order valence-electron chi connectivity index (χ3n) is 3.91. The van der Waals surface area contributed by atoms with Crippen molar-refractivity contribution in [3.63, 3.8) is 0 Å². The number of Topliss-reactive ketones (excluding diaryl/α,β-unsaturated/α-hetero) is 1. The number of ether oxygens (including phenoxy) is 1. The van der Waals surface area contributed by atoms with Crippen molar-refractivity contribution >= 4 is 11.7 Å². The highest BCUT2D eigenvalue weighted by Gasteiger charge is 2.18. The Balaban J connectivity index is 1.93. The van der Waals surface area contributed by atoms with Crippen molar-refractivity contribution in [1.82, 2.24) is 5.32 Å². The first-order chi connectivity index (χ1) is 11.9. The maximum Gasteiger partial charge on any atom is 0.261 e. The maximum absolute atomic E-state index is 13.0. The van der Waals surface area contributed by atoms with E-state index in [1.54, 1.807) is 50.2 Å². The summed E-state index contributed by atoms with van der Waals surface area (Å²) in [7, 11) is 0. The summed E-state index contributed by atoms with van der Waals surface area (Å²) >= 11 is 0. The number of carbonyl (C=O) groups excluding carboxylic acids is 2. The molecule has 1 N–H and O–H groups in total. The summed E-state index contributed by atoms with van der Waals surface area (Å²) in [5.41, 5.74) is 1.43.